The molecule has 0 radical (unpaired) electrons. The van der Waals surface area contributed by atoms with Crippen molar-refractivity contribution < 1.29 is 0 Å². The van der Waals surface area contributed by atoms with Crippen molar-refractivity contribution in [2.45, 2.75) is 20.4 Å². The molecule has 0 unspecified atom stereocenters. The molecule has 0 saturated carbocycles. The van der Waals surface area contributed by atoms with Crippen molar-refractivity contribution in [1.82, 2.24) is 13.7 Å². The van der Waals surface area contributed by atoms with Gasteiger partial charge in [-0.15, -0.1) is 0 Å². The molecule has 2 aromatic heterocycles. The number of fused-ring (bicyclic) bond motifs is 3. The number of aryl methyl sites for hydroxylation is 3. The molecular weight excluding hydrogens is 422 g/mol. The van der Waals surface area contributed by atoms with E-state index in [4.69, 9.17) is 11.6 Å². The second kappa shape index (κ2) is 7.53. The molecule has 0 atom stereocenters. The Bertz CT molecular complexity index is 1610. The number of nitrogens with zero attached hydrogens (tertiary/aromatic N) is 3. The molecule has 0 aliphatic carbocycles. The van der Waals surface area contributed by atoms with Crippen LogP contribution in [0.3, 0.4) is 0 Å². The molecule has 5 rings (SSSR count). The van der Waals surface area contributed by atoms with Gasteiger partial charge in [-0.1, -0.05) is 53.1 Å². The summed E-state index contributed by atoms with van der Waals surface area (Å²) in [5.41, 5.74) is 4.98. The molecule has 5 nitrogen and oxygen atoms in total. The lowest BCUT2D eigenvalue weighted by atomic mass is 10.1. The van der Waals surface area contributed by atoms with Crippen molar-refractivity contribution in [2.75, 3.05) is 0 Å². The topological polar surface area (TPSA) is 48.9 Å². The van der Waals surface area contributed by atoms with Crippen LogP contribution in [-0.2, 0) is 13.6 Å². The Morgan fingerprint density at radius 1 is 0.812 bits per heavy atom. The lowest BCUT2D eigenvalue weighted by Crippen LogP contribution is -2.39. The smallest absolute Gasteiger partial charge is 0.336 e. The summed E-state index contributed by atoms with van der Waals surface area (Å²) >= 11 is 6.06. The van der Waals surface area contributed by atoms with Gasteiger partial charge in [0, 0.05) is 17.5 Å². The van der Waals surface area contributed by atoms with Crippen LogP contribution in [-0.4, -0.2) is 13.7 Å². The Hall–Kier alpha value is -3.57. The maximum atomic E-state index is 13.8. The van der Waals surface area contributed by atoms with Gasteiger partial charge in [0.05, 0.1) is 23.3 Å². The van der Waals surface area contributed by atoms with Gasteiger partial charge < -0.3 is 4.57 Å². The number of rotatable bonds is 3. The molecular formula is C26H22ClN3O2. The molecule has 0 saturated heterocycles. The minimum atomic E-state index is -0.365. The van der Waals surface area contributed by atoms with Crippen molar-refractivity contribution >= 4 is 33.5 Å². The third-order valence-corrected chi connectivity index (χ3v) is 6.22. The van der Waals surface area contributed by atoms with Crippen LogP contribution < -0.4 is 11.2 Å². The van der Waals surface area contributed by atoms with E-state index in [2.05, 4.69) is 0 Å². The van der Waals surface area contributed by atoms with Gasteiger partial charge in [0.1, 0.15) is 5.52 Å². The third kappa shape index (κ3) is 3.17. The first-order valence-electron chi connectivity index (χ1n) is 10.4. The highest BCUT2D eigenvalue weighted by atomic mass is 35.5. The largest absolute Gasteiger partial charge is 0.338 e. The average molecular weight is 444 g/mol. The van der Waals surface area contributed by atoms with Crippen LogP contribution in [0, 0.1) is 13.8 Å². The second-order valence-electron chi connectivity index (χ2n) is 8.25. The molecule has 32 heavy (non-hydrogen) atoms. The van der Waals surface area contributed by atoms with Crippen LogP contribution in [0.2, 0.25) is 5.02 Å². The standard InChI is InChI=1S/C26H22ClN3O2/c1-16-4-11-20(12-5-16)30-25(31)24-23(21-14-17(2)6-13-22(21)28(24)3)29(26(30)32)15-18-7-9-19(27)10-8-18/h4-14H,15H2,1-3H3. The fraction of sp³-hybridized carbons (Fsp3) is 0.154. The van der Waals surface area contributed by atoms with Crippen molar-refractivity contribution in [3.63, 3.8) is 0 Å². The normalized spacial score (nSPS) is 11.5. The Morgan fingerprint density at radius 2 is 1.47 bits per heavy atom. The van der Waals surface area contributed by atoms with E-state index in [1.165, 1.54) is 4.57 Å². The molecule has 2 heterocycles. The summed E-state index contributed by atoms with van der Waals surface area (Å²) in [4.78, 5) is 27.5. The van der Waals surface area contributed by atoms with E-state index < -0.39 is 0 Å². The maximum absolute atomic E-state index is 13.8. The highest BCUT2D eigenvalue weighted by Crippen LogP contribution is 2.27. The zero-order valence-electron chi connectivity index (χ0n) is 18.1. The predicted octanol–water partition coefficient (Wildman–Crippen LogP) is 4.96. The van der Waals surface area contributed by atoms with Crippen molar-refractivity contribution in [3.8, 4) is 5.69 Å². The quantitative estimate of drug-likeness (QED) is 0.395. The summed E-state index contributed by atoms with van der Waals surface area (Å²) in [7, 11) is 1.87. The molecule has 0 fully saturated rings. The van der Waals surface area contributed by atoms with Gasteiger partial charge >= 0.3 is 5.69 Å². The summed E-state index contributed by atoms with van der Waals surface area (Å²) in [6.07, 6.45) is 0. The SMILES string of the molecule is Cc1ccc(-n2c(=O)c3c(c4cc(C)ccc4n3C)n(Cc3ccc(Cl)cc3)c2=O)cc1. The average Bonchev–Trinajstić information content (AvgIpc) is 3.06. The van der Waals surface area contributed by atoms with Gasteiger partial charge in [0.15, 0.2) is 0 Å². The number of hydrogen-bond donors (Lipinski definition) is 0. The molecule has 0 N–H and O–H groups in total. The lowest BCUT2D eigenvalue weighted by molar-refractivity contribution is 0.712. The van der Waals surface area contributed by atoms with Crippen LogP contribution in [0.15, 0.2) is 76.3 Å². The minimum Gasteiger partial charge on any atom is -0.338 e. The first-order valence-corrected chi connectivity index (χ1v) is 10.8. The number of halogens is 1. The van der Waals surface area contributed by atoms with Crippen molar-refractivity contribution in [3.05, 3.63) is 109 Å². The van der Waals surface area contributed by atoms with E-state index in [0.29, 0.717) is 28.3 Å². The van der Waals surface area contributed by atoms with E-state index in [1.807, 2.05) is 92.2 Å². The molecule has 0 bridgehead atoms. The van der Waals surface area contributed by atoms with Gasteiger partial charge in [-0.25, -0.2) is 9.36 Å². The maximum Gasteiger partial charge on any atom is 0.336 e. The van der Waals surface area contributed by atoms with Crippen LogP contribution in [0.25, 0.3) is 27.6 Å². The predicted molar refractivity (Wildman–Crippen MR) is 130 cm³/mol. The van der Waals surface area contributed by atoms with E-state index in [0.717, 1.165) is 27.6 Å². The molecule has 0 aliphatic rings. The van der Waals surface area contributed by atoms with Gasteiger partial charge in [-0.3, -0.25) is 9.36 Å². The van der Waals surface area contributed by atoms with E-state index >= 15 is 0 Å². The van der Waals surface area contributed by atoms with Gasteiger partial charge in [0.25, 0.3) is 5.56 Å². The minimum absolute atomic E-state index is 0.322. The fourth-order valence-electron chi connectivity index (χ4n) is 4.31. The van der Waals surface area contributed by atoms with Crippen molar-refractivity contribution in [2.24, 2.45) is 7.05 Å². The zero-order chi connectivity index (χ0) is 22.6. The molecule has 0 aliphatic heterocycles. The van der Waals surface area contributed by atoms with E-state index in [9.17, 15) is 9.59 Å². The Labute approximate surface area is 189 Å². The van der Waals surface area contributed by atoms with E-state index in [-0.39, 0.29) is 11.2 Å². The molecule has 3 aromatic carbocycles. The second-order valence-corrected chi connectivity index (χ2v) is 8.68. The summed E-state index contributed by atoms with van der Waals surface area (Å²) in [5.74, 6) is 0. The van der Waals surface area contributed by atoms with Crippen LogP contribution in [0.5, 0.6) is 0 Å². The summed E-state index contributed by atoms with van der Waals surface area (Å²) in [6, 6.07) is 20.9. The molecule has 0 spiro atoms. The van der Waals surface area contributed by atoms with Gasteiger partial charge in [0.2, 0.25) is 0 Å². The third-order valence-electron chi connectivity index (χ3n) is 5.97. The van der Waals surface area contributed by atoms with Crippen LogP contribution >= 0.6 is 11.6 Å². The number of hydrogen-bond acceptors (Lipinski definition) is 2. The number of benzene rings is 3. The fourth-order valence-corrected chi connectivity index (χ4v) is 4.43. The summed E-state index contributed by atoms with van der Waals surface area (Å²) in [6.45, 7) is 4.31. The molecule has 6 heteroatoms. The van der Waals surface area contributed by atoms with E-state index in [1.54, 1.807) is 4.57 Å². The lowest BCUT2D eigenvalue weighted by Gasteiger charge is -2.14. The summed E-state index contributed by atoms with van der Waals surface area (Å²) in [5, 5.41) is 1.53. The highest BCUT2D eigenvalue weighted by Gasteiger charge is 2.21. The Kier molecular flexibility index (Phi) is 4.79. The van der Waals surface area contributed by atoms with Gasteiger partial charge in [-0.05, 0) is 55.8 Å². The van der Waals surface area contributed by atoms with Crippen LogP contribution in [0.1, 0.15) is 16.7 Å². The molecule has 5 aromatic rings. The first kappa shape index (κ1) is 20.3. The Balaban J connectivity index is 1.93. The first-order chi connectivity index (χ1) is 15.3. The van der Waals surface area contributed by atoms with Crippen LogP contribution in [0.4, 0.5) is 0 Å². The highest BCUT2D eigenvalue weighted by molar-refractivity contribution is 6.30. The van der Waals surface area contributed by atoms with Crippen molar-refractivity contribution in [1.29, 1.82) is 0 Å². The summed E-state index contributed by atoms with van der Waals surface area (Å²) < 4.78 is 4.85. The monoisotopic (exact) mass is 443 g/mol. The molecule has 160 valence electrons. The van der Waals surface area contributed by atoms with Gasteiger partial charge in [-0.2, -0.15) is 0 Å². The number of aromatic nitrogens is 3. The zero-order valence-corrected chi connectivity index (χ0v) is 18.8. The Morgan fingerprint density at radius 3 is 2.16 bits per heavy atom. The molecule has 0 amide bonds.